The van der Waals surface area contributed by atoms with E-state index in [1.165, 1.54) is 12.0 Å². The summed E-state index contributed by atoms with van der Waals surface area (Å²) in [6, 6.07) is 0.435. The van der Waals surface area contributed by atoms with Gasteiger partial charge in [-0.1, -0.05) is 0 Å². The van der Waals surface area contributed by atoms with E-state index in [1.807, 2.05) is 6.07 Å². The van der Waals surface area contributed by atoms with Crippen molar-refractivity contribution in [3.05, 3.63) is 0 Å². The quantitative estimate of drug-likeness (QED) is 0.679. The Morgan fingerprint density at radius 3 is 2.75 bits per heavy atom. The summed E-state index contributed by atoms with van der Waals surface area (Å²) < 4.78 is 4.90. The zero-order valence-electron chi connectivity index (χ0n) is 11.4. The number of aliphatic hydroxyl groups excluding tert-OH is 1. The Morgan fingerprint density at radius 2 is 2.20 bits per heavy atom. The molecule has 1 rings (SSSR count). The van der Waals surface area contributed by atoms with E-state index in [0.717, 1.165) is 4.90 Å². The summed E-state index contributed by atoms with van der Waals surface area (Å²) in [6.07, 6.45) is -0.651. The average Bonchev–Trinajstić information content (AvgIpc) is 2.80. The number of carboxylic acids is 1. The molecule has 8 heteroatoms. The molecule has 8 nitrogen and oxygen atoms in total. The highest BCUT2D eigenvalue weighted by Crippen LogP contribution is 2.20. The monoisotopic (exact) mass is 285 g/mol. The van der Waals surface area contributed by atoms with E-state index >= 15 is 0 Å². The van der Waals surface area contributed by atoms with Gasteiger partial charge in [0.15, 0.2) is 0 Å². The number of carbonyl (C=O) groups excluding carboxylic acids is 1. The summed E-state index contributed by atoms with van der Waals surface area (Å²) in [5, 5.41) is 27.2. The number of rotatable bonds is 6. The molecule has 1 heterocycles. The second-order valence-electron chi connectivity index (χ2n) is 4.57. The van der Waals surface area contributed by atoms with Crippen LogP contribution in [0.1, 0.15) is 12.8 Å². The second-order valence-corrected chi connectivity index (χ2v) is 4.57. The van der Waals surface area contributed by atoms with E-state index in [1.54, 1.807) is 0 Å². The highest BCUT2D eigenvalue weighted by molar-refractivity contribution is 5.83. The van der Waals surface area contributed by atoms with E-state index in [4.69, 9.17) is 15.1 Å². The fourth-order valence-electron chi connectivity index (χ4n) is 2.13. The first-order valence-electron chi connectivity index (χ1n) is 6.33. The maximum Gasteiger partial charge on any atom is 0.326 e. The highest BCUT2D eigenvalue weighted by atomic mass is 16.5. The molecule has 2 N–H and O–H groups in total. The summed E-state index contributed by atoms with van der Waals surface area (Å²) >= 11 is 0. The number of amides is 2. The normalized spacial score (nSPS) is 21.6. The van der Waals surface area contributed by atoms with Crippen molar-refractivity contribution in [3.8, 4) is 6.07 Å². The minimum atomic E-state index is -1.14. The molecule has 0 aliphatic carbocycles. The van der Waals surface area contributed by atoms with Gasteiger partial charge in [-0.15, -0.1) is 0 Å². The van der Waals surface area contributed by atoms with Gasteiger partial charge in [0.2, 0.25) is 0 Å². The van der Waals surface area contributed by atoms with Crippen LogP contribution in [0.15, 0.2) is 0 Å². The van der Waals surface area contributed by atoms with Crippen molar-refractivity contribution in [1.82, 2.24) is 9.80 Å². The summed E-state index contributed by atoms with van der Waals surface area (Å²) in [4.78, 5) is 26.0. The van der Waals surface area contributed by atoms with Crippen LogP contribution < -0.4 is 0 Å². The van der Waals surface area contributed by atoms with Gasteiger partial charge in [0.05, 0.1) is 25.2 Å². The number of urea groups is 1. The molecule has 2 atom stereocenters. The number of ether oxygens (including phenoxy) is 1. The zero-order chi connectivity index (χ0) is 15.1. The summed E-state index contributed by atoms with van der Waals surface area (Å²) in [5.41, 5.74) is 0. The lowest BCUT2D eigenvalue weighted by atomic mass is 10.2. The molecule has 2 amide bonds. The van der Waals surface area contributed by atoms with Crippen LogP contribution >= 0.6 is 0 Å². The third-order valence-electron chi connectivity index (χ3n) is 3.14. The largest absolute Gasteiger partial charge is 0.480 e. The smallest absolute Gasteiger partial charge is 0.326 e. The van der Waals surface area contributed by atoms with Crippen LogP contribution in [0.25, 0.3) is 0 Å². The van der Waals surface area contributed by atoms with Crippen LogP contribution in [0.3, 0.4) is 0 Å². The van der Waals surface area contributed by atoms with Crippen LogP contribution in [0, 0.1) is 11.3 Å². The topological polar surface area (TPSA) is 114 Å². The number of hydrogen-bond acceptors (Lipinski definition) is 5. The predicted molar refractivity (Wildman–Crippen MR) is 67.8 cm³/mol. The van der Waals surface area contributed by atoms with Crippen molar-refractivity contribution in [2.45, 2.75) is 25.0 Å². The molecule has 1 aliphatic heterocycles. The van der Waals surface area contributed by atoms with Crippen LogP contribution in [-0.2, 0) is 9.53 Å². The number of likely N-dealkylation sites (tertiary alicyclic amines) is 1. The molecule has 20 heavy (non-hydrogen) atoms. The Morgan fingerprint density at radius 1 is 1.50 bits per heavy atom. The summed E-state index contributed by atoms with van der Waals surface area (Å²) in [7, 11) is 1.49. The predicted octanol–water partition coefficient (Wildman–Crippen LogP) is -0.512. The van der Waals surface area contributed by atoms with Crippen molar-refractivity contribution >= 4 is 12.0 Å². The number of hydrogen-bond donors (Lipinski definition) is 2. The number of β-amino-alcohol motifs (C(OH)–C–C–N with tert-alkyl or cyclic N) is 1. The SMILES string of the molecule is COCCN(CCC#N)C(=O)N1C[C@H](O)C[C@@H]1C(=O)O. The molecule has 0 aromatic carbocycles. The first-order chi connectivity index (χ1) is 9.51. The molecule has 0 spiro atoms. The number of nitriles is 1. The van der Waals surface area contributed by atoms with Gasteiger partial charge in [-0.2, -0.15) is 5.26 Å². The lowest BCUT2D eigenvalue weighted by molar-refractivity contribution is -0.141. The van der Waals surface area contributed by atoms with Crippen LogP contribution in [-0.4, -0.2) is 77.5 Å². The molecule has 0 unspecified atom stereocenters. The third-order valence-corrected chi connectivity index (χ3v) is 3.14. The first kappa shape index (κ1) is 16.2. The van der Waals surface area contributed by atoms with Crippen LogP contribution in [0.4, 0.5) is 4.79 Å². The summed E-state index contributed by atoms with van der Waals surface area (Å²) in [6.45, 7) is 0.769. The Hall–Kier alpha value is -1.85. The number of carboxylic acid groups (broad SMARTS) is 1. The number of carbonyl (C=O) groups is 2. The first-order valence-corrected chi connectivity index (χ1v) is 6.33. The van der Waals surface area contributed by atoms with E-state index in [2.05, 4.69) is 0 Å². The third kappa shape index (κ3) is 4.08. The molecule has 0 aromatic rings. The minimum absolute atomic E-state index is 0.00810. The summed E-state index contributed by atoms with van der Waals surface area (Å²) in [5.74, 6) is -1.14. The number of methoxy groups -OCH3 is 1. The van der Waals surface area contributed by atoms with E-state index in [9.17, 15) is 14.7 Å². The molecule has 1 fully saturated rings. The Kier molecular flexibility index (Phi) is 6.21. The fourth-order valence-corrected chi connectivity index (χ4v) is 2.13. The van der Waals surface area contributed by atoms with Crippen LogP contribution in [0.5, 0.6) is 0 Å². The molecule has 1 aliphatic rings. The number of nitrogens with zero attached hydrogens (tertiary/aromatic N) is 3. The Bertz CT molecular complexity index is 395. The van der Waals surface area contributed by atoms with E-state index in [-0.39, 0.29) is 32.5 Å². The van der Waals surface area contributed by atoms with E-state index in [0.29, 0.717) is 6.61 Å². The van der Waals surface area contributed by atoms with Gasteiger partial charge in [-0.3, -0.25) is 0 Å². The molecule has 112 valence electrons. The second kappa shape index (κ2) is 7.67. The van der Waals surface area contributed by atoms with Gasteiger partial charge in [0, 0.05) is 33.2 Å². The fraction of sp³-hybridized carbons (Fsp3) is 0.750. The Balaban J connectivity index is 2.76. The maximum absolute atomic E-state index is 12.3. The van der Waals surface area contributed by atoms with Crippen molar-refractivity contribution in [2.75, 3.05) is 33.4 Å². The van der Waals surface area contributed by atoms with Gasteiger partial charge in [-0.25, -0.2) is 9.59 Å². The Labute approximate surface area is 117 Å². The van der Waals surface area contributed by atoms with Crippen molar-refractivity contribution in [1.29, 1.82) is 5.26 Å². The van der Waals surface area contributed by atoms with Gasteiger partial charge in [0.1, 0.15) is 6.04 Å². The number of aliphatic hydroxyl groups is 1. The average molecular weight is 285 g/mol. The van der Waals surface area contributed by atoms with Gasteiger partial charge in [-0.05, 0) is 0 Å². The van der Waals surface area contributed by atoms with Gasteiger partial charge < -0.3 is 24.7 Å². The molecular formula is C12H19N3O5. The molecular weight excluding hydrogens is 266 g/mol. The molecule has 1 saturated heterocycles. The van der Waals surface area contributed by atoms with E-state index < -0.39 is 24.1 Å². The van der Waals surface area contributed by atoms with Crippen molar-refractivity contribution in [3.63, 3.8) is 0 Å². The van der Waals surface area contributed by atoms with Gasteiger partial charge in [0.25, 0.3) is 0 Å². The minimum Gasteiger partial charge on any atom is -0.480 e. The van der Waals surface area contributed by atoms with Crippen molar-refractivity contribution in [2.24, 2.45) is 0 Å². The molecule has 0 radical (unpaired) electrons. The lowest BCUT2D eigenvalue weighted by Gasteiger charge is -2.29. The standard InChI is InChI=1S/C12H19N3O5/c1-20-6-5-14(4-2-3-13)12(19)15-8-9(16)7-10(15)11(17)18/h9-10,16H,2,4-8H2,1H3,(H,17,18)/t9-,10-/m1/s1. The molecule has 0 saturated carbocycles. The van der Waals surface area contributed by atoms with Crippen LogP contribution in [0.2, 0.25) is 0 Å². The zero-order valence-corrected chi connectivity index (χ0v) is 11.4. The molecule has 0 aromatic heterocycles. The van der Waals surface area contributed by atoms with Gasteiger partial charge >= 0.3 is 12.0 Å². The van der Waals surface area contributed by atoms with Crippen molar-refractivity contribution < 1.29 is 24.5 Å². The lowest BCUT2D eigenvalue weighted by Crippen LogP contribution is -2.49. The highest BCUT2D eigenvalue weighted by Gasteiger charge is 2.40. The maximum atomic E-state index is 12.3. The molecule has 0 bridgehead atoms. The number of aliphatic carboxylic acids is 1.